The van der Waals surface area contributed by atoms with Crippen LogP contribution in [0.2, 0.25) is 0 Å². The lowest BCUT2D eigenvalue weighted by Gasteiger charge is -2.07. The molecule has 0 spiro atoms. The second kappa shape index (κ2) is 15.8. The van der Waals surface area contributed by atoms with E-state index in [9.17, 15) is 0 Å². The molecule has 6 nitrogen and oxygen atoms in total. The first-order chi connectivity index (χ1) is 8.41. The summed E-state index contributed by atoms with van der Waals surface area (Å²) in [5, 5.41) is 3.14. The van der Waals surface area contributed by atoms with Crippen LogP contribution >= 0.6 is 0 Å². The van der Waals surface area contributed by atoms with E-state index in [1.54, 1.807) is 7.11 Å². The highest BCUT2D eigenvalue weighted by Gasteiger charge is 1.91. The molecule has 0 rings (SSSR count). The van der Waals surface area contributed by atoms with Crippen molar-refractivity contribution in [3.05, 3.63) is 0 Å². The normalized spacial score (nSPS) is 10.9. The molecule has 0 aromatic heterocycles. The summed E-state index contributed by atoms with van der Waals surface area (Å²) < 4.78 is 20.7. The highest BCUT2D eigenvalue weighted by Crippen LogP contribution is 1.81. The van der Waals surface area contributed by atoms with E-state index >= 15 is 0 Å². The van der Waals surface area contributed by atoms with Crippen LogP contribution in [-0.4, -0.2) is 73.0 Å². The standard InChI is InChI=1S/C11H26N2O4/c1-14-6-7-16-10-11-17-9-8-15-5-4-13-3-2-12/h13H,2-12H2,1H3. The zero-order valence-corrected chi connectivity index (χ0v) is 10.8. The molecule has 0 saturated carbocycles. The molecule has 0 bridgehead atoms. The minimum absolute atomic E-state index is 0.596. The molecule has 6 heteroatoms. The Kier molecular flexibility index (Phi) is 15.5. The van der Waals surface area contributed by atoms with Crippen molar-refractivity contribution in [2.75, 3.05) is 73.0 Å². The lowest BCUT2D eigenvalue weighted by atomic mass is 10.6. The number of methoxy groups -OCH3 is 1. The number of hydrogen-bond donors (Lipinski definition) is 2. The van der Waals surface area contributed by atoms with Crippen molar-refractivity contribution in [2.45, 2.75) is 0 Å². The van der Waals surface area contributed by atoms with E-state index in [1.807, 2.05) is 0 Å². The van der Waals surface area contributed by atoms with Gasteiger partial charge in [-0.3, -0.25) is 0 Å². The number of rotatable bonds is 14. The molecule has 0 heterocycles. The van der Waals surface area contributed by atoms with Crippen molar-refractivity contribution >= 4 is 0 Å². The molecule has 104 valence electrons. The van der Waals surface area contributed by atoms with Crippen LogP contribution in [-0.2, 0) is 18.9 Å². The third-order valence-electron chi connectivity index (χ3n) is 1.92. The van der Waals surface area contributed by atoms with Gasteiger partial charge >= 0.3 is 0 Å². The Bertz CT molecular complexity index is 125. The van der Waals surface area contributed by atoms with E-state index in [4.69, 9.17) is 24.7 Å². The molecule has 0 aliphatic rings. The van der Waals surface area contributed by atoms with Gasteiger partial charge in [-0.15, -0.1) is 0 Å². The summed E-state index contributed by atoms with van der Waals surface area (Å²) in [6, 6.07) is 0. The fourth-order valence-corrected chi connectivity index (χ4v) is 1.06. The molecule has 0 aromatic carbocycles. The smallest absolute Gasteiger partial charge is 0.0701 e. The second-order valence-electron chi connectivity index (χ2n) is 3.37. The molecule has 0 amide bonds. The number of ether oxygens (including phenoxy) is 4. The first-order valence-electron chi connectivity index (χ1n) is 6.04. The van der Waals surface area contributed by atoms with Crippen LogP contribution < -0.4 is 11.1 Å². The summed E-state index contributed by atoms with van der Waals surface area (Å²) in [5.41, 5.74) is 5.32. The summed E-state index contributed by atoms with van der Waals surface area (Å²) >= 11 is 0. The van der Waals surface area contributed by atoms with Gasteiger partial charge in [0.2, 0.25) is 0 Å². The summed E-state index contributed by atoms with van der Waals surface area (Å²) in [6.45, 7) is 6.66. The van der Waals surface area contributed by atoms with Gasteiger partial charge in [-0.05, 0) is 0 Å². The van der Waals surface area contributed by atoms with Crippen molar-refractivity contribution in [1.82, 2.24) is 5.32 Å². The van der Waals surface area contributed by atoms with Crippen LogP contribution in [0, 0.1) is 0 Å². The third-order valence-corrected chi connectivity index (χ3v) is 1.92. The maximum Gasteiger partial charge on any atom is 0.0701 e. The molecule has 0 aliphatic carbocycles. The molecule has 0 atom stereocenters. The molecule has 17 heavy (non-hydrogen) atoms. The van der Waals surface area contributed by atoms with Gasteiger partial charge < -0.3 is 30.0 Å². The highest BCUT2D eigenvalue weighted by atomic mass is 16.6. The Morgan fingerprint density at radius 3 is 1.82 bits per heavy atom. The quantitative estimate of drug-likeness (QED) is 0.394. The van der Waals surface area contributed by atoms with E-state index in [0.717, 1.165) is 13.1 Å². The van der Waals surface area contributed by atoms with Gasteiger partial charge in [-0.1, -0.05) is 0 Å². The Balaban J connectivity index is 2.85. The fourth-order valence-electron chi connectivity index (χ4n) is 1.06. The lowest BCUT2D eigenvalue weighted by Crippen LogP contribution is -2.26. The Labute approximate surface area is 104 Å². The summed E-state index contributed by atoms with van der Waals surface area (Å²) in [4.78, 5) is 0. The topological polar surface area (TPSA) is 75.0 Å². The predicted octanol–water partition coefficient (Wildman–Crippen LogP) is -0.769. The van der Waals surface area contributed by atoms with Gasteiger partial charge in [0.15, 0.2) is 0 Å². The van der Waals surface area contributed by atoms with Gasteiger partial charge in [0, 0.05) is 26.7 Å². The van der Waals surface area contributed by atoms with Crippen molar-refractivity contribution < 1.29 is 18.9 Å². The number of nitrogens with two attached hydrogens (primary N) is 1. The van der Waals surface area contributed by atoms with E-state index in [-0.39, 0.29) is 0 Å². The van der Waals surface area contributed by atoms with Crippen LogP contribution in [0.15, 0.2) is 0 Å². The maximum absolute atomic E-state index is 5.34. The maximum atomic E-state index is 5.34. The van der Waals surface area contributed by atoms with Gasteiger partial charge in [-0.2, -0.15) is 0 Å². The van der Waals surface area contributed by atoms with Crippen molar-refractivity contribution in [2.24, 2.45) is 5.73 Å². The number of nitrogens with one attached hydrogen (secondary N) is 1. The van der Waals surface area contributed by atoms with E-state index in [0.29, 0.717) is 52.8 Å². The molecule has 0 aromatic rings. The Morgan fingerprint density at radius 1 is 0.765 bits per heavy atom. The zero-order valence-electron chi connectivity index (χ0n) is 10.8. The summed E-state index contributed by atoms with van der Waals surface area (Å²) in [6.07, 6.45) is 0. The first kappa shape index (κ1) is 16.8. The lowest BCUT2D eigenvalue weighted by molar-refractivity contribution is 0.00413. The van der Waals surface area contributed by atoms with Gasteiger partial charge in [0.25, 0.3) is 0 Å². The van der Waals surface area contributed by atoms with Gasteiger partial charge in [-0.25, -0.2) is 0 Å². The van der Waals surface area contributed by atoms with E-state index < -0.39 is 0 Å². The molecule has 0 saturated heterocycles. The van der Waals surface area contributed by atoms with Crippen LogP contribution in [0.3, 0.4) is 0 Å². The molecule has 0 fully saturated rings. The fraction of sp³-hybridized carbons (Fsp3) is 1.00. The minimum Gasteiger partial charge on any atom is -0.382 e. The predicted molar refractivity (Wildman–Crippen MR) is 66.3 cm³/mol. The Morgan fingerprint density at radius 2 is 1.29 bits per heavy atom. The number of hydrogen-bond acceptors (Lipinski definition) is 6. The molecular formula is C11H26N2O4. The molecule has 0 aliphatic heterocycles. The van der Waals surface area contributed by atoms with Crippen LogP contribution in [0.1, 0.15) is 0 Å². The Hall–Kier alpha value is -0.240. The first-order valence-corrected chi connectivity index (χ1v) is 6.04. The average molecular weight is 250 g/mol. The third kappa shape index (κ3) is 15.8. The van der Waals surface area contributed by atoms with E-state index in [2.05, 4.69) is 5.32 Å². The summed E-state index contributed by atoms with van der Waals surface area (Å²) in [5.74, 6) is 0. The minimum atomic E-state index is 0.596. The average Bonchev–Trinajstić information content (AvgIpc) is 2.35. The second-order valence-corrected chi connectivity index (χ2v) is 3.37. The molecule has 0 unspecified atom stereocenters. The van der Waals surface area contributed by atoms with Crippen molar-refractivity contribution in [3.8, 4) is 0 Å². The summed E-state index contributed by atoms with van der Waals surface area (Å²) in [7, 11) is 1.65. The van der Waals surface area contributed by atoms with Gasteiger partial charge in [0.1, 0.15) is 0 Å². The van der Waals surface area contributed by atoms with Crippen LogP contribution in [0.5, 0.6) is 0 Å². The van der Waals surface area contributed by atoms with Crippen molar-refractivity contribution in [1.29, 1.82) is 0 Å². The highest BCUT2D eigenvalue weighted by molar-refractivity contribution is 4.45. The monoisotopic (exact) mass is 250 g/mol. The van der Waals surface area contributed by atoms with Crippen LogP contribution in [0.25, 0.3) is 0 Å². The molecular weight excluding hydrogens is 224 g/mol. The van der Waals surface area contributed by atoms with E-state index in [1.165, 1.54) is 0 Å². The largest absolute Gasteiger partial charge is 0.382 e. The zero-order chi connectivity index (χ0) is 12.6. The molecule has 3 N–H and O–H groups in total. The SMILES string of the molecule is COCCOCCOCCOCCNCCN. The van der Waals surface area contributed by atoms with Crippen LogP contribution in [0.4, 0.5) is 0 Å². The van der Waals surface area contributed by atoms with Gasteiger partial charge in [0.05, 0.1) is 46.2 Å². The van der Waals surface area contributed by atoms with Crippen molar-refractivity contribution in [3.63, 3.8) is 0 Å². The molecule has 0 radical (unpaired) electrons.